The van der Waals surface area contributed by atoms with Gasteiger partial charge in [0.1, 0.15) is 36.2 Å². The van der Waals surface area contributed by atoms with Crippen molar-refractivity contribution in [2.24, 2.45) is 0 Å². The number of rotatable bonds is 12. The third-order valence-corrected chi connectivity index (χ3v) is 5.59. The number of aromatic nitrogens is 2. The molecule has 2 aromatic carbocycles. The van der Waals surface area contributed by atoms with Crippen molar-refractivity contribution in [1.82, 2.24) is 15.5 Å². The summed E-state index contributed by atoms with van der Waals surface area (Å²) in [5.41, 5.74) is 2.97. The molecule has 0 aliphatic rings. The van der Waals surface area contributed by atoms with Crippen LogP contribution in [0.5, 0.6) is 11.5 Å². The maximum Gasteiger partial charge on any atom is 0.341 e. The lowest BCUT2D eigenvalue weighted by molar-refractivity contribution is -0.139. The minimum atomic E-state index is -1.02. The summed E-state index contributed by atoms with van der Waals surface area (Å²) in [5.74, 6) is 0.100. The predicted molar refractivity (Wildman–Crippen MR) is 131 cm³/mol. The number of H-pyrrole nitrogens is 1. The molecule has 0 bridgehead atoms. The zero-order valence-corrected chi connectivity index (χ0v) is 19.7. The highest BCUT2D eigenvalue weighted by Crippen LogP contribution is 2.30. The molecule has 0 saturated carbocycles. The molecule has 0 aliphatic heterocycles. The lowest BCUT2D eigenvalue weighted by Crippen LogP contribution is -2.46. The number of aliphatic carboxylic acids is 1. The van der Waals surface area contributed by atoms with E-state index in [1.54, 1.807) is 12.1 Å². The van der Waals surface area contributed by atoms with Crippen LogP contribution in [0.2, 0.25) is 0 Å². The fraction of sp³-hybridized carbons (Fsp3) is 0.308. The largest absolute Gasteiger partial charge is 0.490 e. The Morgan fingerprint density at radius 1 is 1.14 bits per heavy atom. The first kappa shape index (κ1) is 24.3. The number of nitrogens with zero attached hydrogens (tertiary/aromatic N) is 1. The van der Waals surface area contributed by atoms with Crippen LogP contribution in [0.15, 0.2) is 65.5 Å². The molecule has 0 unspecified atom stereocenters. The highest BCUT2D eigenvalue weighted by Gasteiger charge is 2.22. The number of fused-ring (bicyclic) bond motifs is 1. The molecule has 9 heteroatoms. The Bertz CT molecular complexity index is 1270. The zero-order valence-electron chi connectivity index (χ0n) is 19.7. The Morgan fingerprint density at radius 2 is 1.94 bits per heavy atom. The Balaban J connectivity index is 1.34. The van der Waals surface area contributed by atoms with Crippen molar-refractivity contribution < 1.29 is 29.0 Å². The summed E-state index contributed by atoms with van der Waals surface area (Å²) in [5, 5.41) is 27.8. The van der Waals surface area contributed by atoms with Gasteiger partial charge in [0.05, 0.1) is 5.52 Å². The van der Waals surface area contributed by atoms with Gasteiger partial charge in [0.15, 0.2) is 6.61 Å². The van der Waals surface area contributed by atoms with Crippen molar-refractivity contribution >= 4 is 16.9 Å². The van der Waals surface area contributed by atoms with Crippen molar-refractivity contribution in [3.8, 4) is 22.8 Å². The fourth-order valence-corrected chi connectivity index (χ4v) is 3.92. The fourth-order valence-electron chi connectivity index (χ4n) is 3.92. The van der Waals surface area contributed by atoms with Crippen LogP contribution in [0.1, 0.15) is 19.4 Å². The predicted octanol–water partition coefficient (Wildman–Crippen LogP) is 3.64. The first-order valence-electron chi connectivity index (χ1n) is 11.3. The van der Waals surface area contributed by atoms with E-state index < -0.39 is 18.7 Å². The van der Waals surface area contributed by atoms with Gasteiger partial charge < -0.3 is 34.5 Å². The van der Waals surface area contributed by atoms with E-state index in [0.717, 1.165) is 22.0 Å². The molecule has 4 aromatic rings. The monoisotopic (exact) mass is 479 g/mol. The highest BCUT2D eigenvalue weighted by atomic mass is 16.5. The molecular formula is C26H29N3O6. The third-order valence-electron chi connectivity index (χ3n) is 5.59. The lowest BCUT2D eigenvalue weighted by Gasteiger charge is -2.28. The standard InChI is InChI=1S/C26H29N3O6/c1-26(2,12-17-13-27-25-19(17)7-5-9-23(25)34-16-24(31)32)28-14-18(30)15-33-22-8-4-3-6-20(22)21-10-11-35-29-21/h3-11,13,18,27-28,30H,12,14-16H2,1-2H3,(H,31,32)/t18-/m0/s1. The average Bonchev–Trinajstić information content (AvgIpc) is 3.51. The van der Waals surface area contributed by atoms with E-state index in [1.807, 2.05) is 42.6 Å². The van der Waals surface area contributed by atoms with Crippen LogP contribution in [-0.2, 0) is 11.2 Å². The van der Waals surface area contributed by atoms with Gasteiger partial charge in [-0.05, 0) is 44.0 Å². The number of carboxylic acid groups (broad SMARTS) is 1. The number of carbonyl (C=O) groups is 1. The van der Waals surface area contributed by atoms with Crippen LogP contribution in [0.4, 0.5) is 0 Å². The normalized spacial score (nSPS) is 12.5. The summed E-state index contributed by atoms with van der Waals surface area (Å²) >= 11 is 0. The van der Waals surface area contributed by atoms with E-state index in [4.69, 9.17) is 19.1 Å². The molecular weight excluding hydrogens is 450 g/mol. The Labute approximate surface area is 202 Å². The maximum atomic E-state index is 10.8. The second-order valence-electron chi connectivity index (χ2n) is 8.96. The summed E-state index contributed by atoms with van der Waals surface area (Å²) in [6.45, 7) is 4.18. The zero-order chi connectivity index (χ0) is 24.8. The van der Waals surface area contributed by atoms with E-state index in [9.17, 15) is 9.90 Å². The molecule has 2 aromatic heterocycles. The molecule has 0 amide bonds. The number of nitrogens with one attached hydrogen (secondary N) is 2. The molecule has 4 N–H and O–H groups in total. The van der Waals surface area contributed by atoms with Gasteiger partial charge in [-0.3, -0.25) is 0 Å². The van der Waals surface area contributed by atoms with Crippen molar-refractivity contribution in [2.75, 3.05) is 19.8 Å². The van der Waals surface area contributed by atoms with E-state index in [0.29, 0.717) is 30.2 Å². The van der Waals surface area contributed by atoms with E-state index >= 15 is 0 Å². The number of aliphatic hydroxyl groups excluding tert-OH is 1. The van der Waals surface area contributed by atoms with Crippen molar-refractivity contribution in [1.29, 1.82) is 0 Å². The summed E-state index contributed by atoms with van der Waals surface area (Å²) in [7, 11) is 0. The number of aliphatic hydroxyl groups is 1. The highest BCUT2D eigenvalue weighted by molar-refractivity contribution is 5.88. The molecule has 1 atom stereocenters. The topological polar surface area (TPSA) is 130 Å². The van der Waals surface area contributed by atoms with Crippen LogP contribution >= 0.6 is 0 Å². The molecule has 4 rings (SSSR count). The Morgan fingerprint density at radius 3 is 2.71 bits per heavy atom. The molecule has 0 saturated heterocycles. The molecule has 184 valence electrons. The number of aromatic amines is 1. The first-order chi connectivity index (χ1) is 16.8. The summed E-state index contributed by atoms with van der Waals surface area (Å²) in [6.07, 6.45) is 3.36. The van der Waals surface area contributed by atoms with Gasteiger partial charge in [-0.15, -0.1) is 0 Å². The molecule has 35 heavy (non-hydrogen) atoms. The number of carboxylic acids is 1. The number of β-amino-alcohol motifs (C(OH)–C–C–N with tert-alkyl or cyclic N) is 1. The number of hydrogen-bond acceptors (Lipinski definition) is 7. The van der Waals surface area contributed by atoms with Gasteiger partial charge in [0.25, 0.3) is 0 Å². The van der Waals surface area contributed by atoms with Crippen LogP contribution < -0.4 is 14.8 Å². The van der Waals surface area contributed by atoms with Crippen LogP contribution in [0.3, 0.4) is 0 Å². The molecule has 0 aliphatic carbocycles. The van der Waals surface area contributed by atoms with E-state index in [-0.39, 0.29) is 12.1 Å². The minimum Gasteiger partial charge on any atom is -0.490 e. The summed E-state index contributed by atoms with van der Waals surface area (Å²) < 4.78 is 16.2. The van der Waals surface area contributed by atoms with Gasteiger partial charge in [0.2, 0.25) is 0 Å². The van der Waals surface area contributed by atoms with E-state index in [2.05, 4.69) is 29.3 Å². The van der Waals surface area contributed by atoms with Gasteiger partial charge in [-0.1, -0.05) is 29.4 Å². The summed E-state index contributed by atoms with van der Waals surface area (Å²) in [4.78, 5) is 14.0. The SMILES string of the molecule is CC(C)(Cc1c[nH]c2c(OCC(=O)O)cccc12)NC[C@H](O)COc1ccccc1-c1ccon1. The number of para-hydroxylation sites is 2. The van der Waals surface area contributed by atoms with Crippen LogP contribution in [0.25, 0.3) is 22.2 Å². The molecule has 0 radical (unpaired) electrons. The number of benzene rings is 2. The molecule has 0 fully saturated rings. The van der Waals surface area contributed by atoms with Crippen molar-refractivity contribution in [3.05, 3.63) is 66.6 Å². The number of ether oxygens (including phenoxy) is 2. The second kappa shape index (κ2) is 10.6. The molecule has 2 heterocycles. The lowest BCUT2D eigenvalue weighted by atomic mass is 9.94. The van der Waals surface area contributed by atoms with Gasteiger partial charge >= 0.3 is 5.97 Å². The van der Waals surface area contributed by atoms with Crippen molar-refractivity contribution in [3.63, 3.8) is 0 Å². The Kier molecular flexibility index (Phi) is 7.38. The average molecular weight is 480 g/mol. The van der Waals surface area contributed by atoms with Crippen LogP contribution in [-0.4, -0.2) is 57.7 Å². The van der Waals surface area contributed by atoms with Gasteiger partial charge in [-0.25, -0.2) is 4.79 Å². The van der Waals surface area contributed by atoms with Crippen molar-refractivity contribution in [2.45, 2.75) is 31.9 Å². The number of hydrogen-bond donors (Lipinski definition) is 4. The van der Waals surface area contributed by atoms with Gasteiger partial charge in [-0.2, -0.15) is 0 Å². The third kappa shape index (κ3) is 6.20. The summed E-state index contributed by atoms with van der Waals surface area (Å²) in [6, 6.07) is 14.8. The first-order valence-corrected chi connectivity index (χ1v) is 11.3. The van der Waals surface area contributed by atoms with Gasteiger partial charge in [0, 0.05) is 35.3 Å². The second-order valence-corrected chi connectivity index (χ2v) is 8.96. The molecule has 9 nitrogen and oxygen atoms in total. The maximum absolute atomic E-state index is 10.8. The van der Waals surface area contributed by atoms with Crippen LogP contribution in [0, 0.1) is 0 Å². The Hall–Kier alpha value is -3.82. The molecule has 0 spiro atoms. The smallest absolute Gasteiger partial charge is 0.341 e. The van der Waals surface area contributed by atoms with E-state index in [1.165, 1.54) is 6.26 Å². The minimum absolute atomic E-state index is 0.120. The quantitative estimate of drug-likeness (QED) is 0.242.